The predicted octanol–water partition coefficient (Wildman–Crippen LogP) is 3.83. The maximum Gasteiger partial charge on any atom is 0.0707 e. The van der Waals surface area contributed by atoms with Gasteiger partial charge in [0.05, 0.1) is 5.69 Å². The summed E-state index contributed by atoms with van der Waals surface area (Å²) in [6.07, 6.45) is 5.20. The van der Waals surface area contributed by atoms with Gasteiger partial charge in [-0.2, -0.15) is 0 Å². The van der Waals surface area contributed by atoms with Crippen LogP contribution in [0.25, 0.3) is 6.08 Å². The molecule has 0 N–H and O–H groups in total. The van der Waals surface area contributed by atoms with E-state index in [1.165, 1.54) is 11.1 Å². The fourth-order valence-corrected chi connectivity index (χ4v) is 1.46. The molecule has 0 saturated heterocycles. The molecule has 0 heterocycles. The minimum Gasteiger partial charge on any atom is -0.256 e. The Morgan fingerprint density at radius 3 is 2.50 bits per heavy atom. The second-order valence-corrected chi connectivity index (χ2v) is 3.23. The first-order chi connectivity index (χ1) is 6.69. The molecule has 0 aliphatic carbocycles. The average molecular weight is 185 g/mol. The van der Waals surface area contributed by atoms with Crippen LogP contribution >= 0.6 is 0 Å². The second kappa shape index (κ2) is 4.56. The summed E-state index contributed by atoms with van der Waals surface area (Å²) in [6, 6.07) is 4.17. The predicted molar refractivity (Wildman–Crippen MR) is 64.4 cm³/mol. The van der Waals surface area contributed by atoms with Gasteiger partial charge in [-0.05, 0) is 31.0 Å². The molecule has 0 spiro atoms. The largest absolute Gasteiger partial charge is 0.256 e. The first-order valence-corrected chi connectivity index (χ1v) is 4.58. The number of hydrogen-bond acceptors (Lipinski definition) is 1. The Morgan fingerprint density at radius 2 is 1.93 bits per heavy atom. The van der Waals surface area contributed by atoms with Crippen LogP contribution < -0.4 is 0 Å². The van der Waals surface area contributed by atoms with Gasteiger partial charge in [-0.3, -0.25) is 4.99 Å². The Kier molecular flexibility index (Phi) is 3.41. The summed E-state index contributed by atoms with van der Waals surface area (Å²) in [5, 5.41) is 0. The van der Waals surface area contributed by atoms with E-state index in [0.29, 0.717) is 0 Å². The van der Waals surface area contributed by atoms with Crippen LogP contribution in [0.1, 0.15) is 16.7 Å². The van der Waals surface area contributed by atoms with E-state index < -0.39 is 0 Å². The van der Waals surface area contributed by atoms with Gasteiger partial charge in [0, 0.05) is 11.8 Å². The van der Waals surface area contributed by atoms with Crippen molar-refractivity contribution in [2.45, 2.75) is 13.8 Å². The lowest BCUT2D eigenvalue weighted by Crippen LogP contribution is -1.84. The summed E-state index contributed by atoms with van der Waals surface area (Å²) in [4.78, 5) is 4.30. The molecule has 1 aromatic carbocycles. The van der Waals surface area contributed by atoms with Crippen LogP contribution in [-0.2, 0) is 0 Å². The molecule has 0 radical (unpaired) electrons. The van der Waals surface area contributed by atoms with Gasteiger partial charge >= 0.3 is 0 Å². The van der Waals surface area contributed by atoms with Gasteiger partial charge < -0.3 is 0 Å². The van der Waals surface area contributed by atoms with E-state index in [-0.39, 0.29) is 0 Å². The lowest BCUT2D eigenvalue weighted by Gasteiger charge is -2.06. The minimum absolute atomic E-state index is 0.956. The Morgan fingerprint density at radius 1 is 1.21 bits per heavy atom. The molecule has 0 aliphatic heterocycles. The van der Waals surface area contributed by atoms with Gasteiger partial charge in [-0.1, -0.05) is 31.4 Å². The van der Waals surface area contributed by atoms with Gasteiger partial charge in [-0.15, -0.1) is 0 Å². The zero-order valence-corrected chi connectivity index (χ0v) is 8.75. The number of hydrogen-bond donors (Lipinski definition) is 0. The second-order valence-electron chi connectivity index (χ2n) is 3.23. The summed E-state index contributed by atoms with van der Waals surface area (Å²) in [5.74, 6) is 0. The van der Waals surface area contributed by atoms with Crippen LogP contribution in [0.3, 0.4) is 0 Å². The molecule has 1 heteroatoms. The third kappa shape index (κ3) is 2.19. The maximum atomic E-state index is 4.30. The smallest absolute Gasteiger partial charge is 0.0707 e. The standard InChI is InChI=1S/C13H15N/c1-5-7-14-13-9-10(3)8-11(4)12(13)6-2/h5-9H,1-2H2,3-4H3/b14-7-. The number of nitrogens with zero attached hydrogens (tertiary/aromatic N) is 1. The van der Waals surface area contributed by atoms with Crippen molar-refractivity contribution in [1.29, 1.82) is 0 Å². The molecule has 0 amide bonds. The number of aryl methyl sites for hydroxylation is 2. The molecule has 72 valence electrons. The van der Waals surface area contributed by atoms with Crippen molar-refractivity contribution in [3.63, 3.8) is 0 Å². The summed E-state index contributed by atoms with van der Waals surface area (Å²) >= 11 is 0. The molecule has 1 rings (SSSR count). The Labute approximate surface area is 85.5 Å². The van der Waals surface area contributed by atoms with Crippen molar-refractivity contribution < 1.29 is 0 Å². The Hall–Kier alpha value is -1.63. The van der Waals surface area contributed by atoms with Crippen molar-refractivity contribution >= 4 is 18.0 Å². The SMILES string of the molecule is C=C/C=N\c1cc(C)cc(C)c1C=C. The van der Waals surface area contributed by atoms with E-state index in [0.717, 1.165) is 11.3 Å². The normalized spacial score (nSPS) is 10.4. The first kappa shape index (κ1) is 10.5. The van der Waals surface area contributed by atoms with E-state index >= 15 is 0 Å². The fraction of sp³-hybridized carbons (Fsp3) is 0.154. The highest BCUT2D eigenvalue weighted by Gasteiger charge is 2.01. The van der Waals surface area contributed by atoms with Crippen LogP contribution in [0.4, 0.5) is 5.69 Å². The molecule has 1 nitrogen and oxygen atoms in total. The molecule has 0 unspecified atom stereocenters. The third-order valence-corrected chi connectivity index (χ3v) is 2.03. The van der Waals surface area contributed by atoms with Crippen LogP contribution in [0.5, 0.6) is 0 Å². The summed E-state index contributed by atoms with van der Waals surface area (Å²) in [7, 11) is 0. The Balaban J connectivity index is 3.31. The molecule has 0 aromatic heterocycles. The van der Waals surface area contributed by atoms with E-state index in [1.54, 1.807) is 12.3 Å². The van der Waals surface area contributed by atoms with E-state index in [2.05, 4.69) is 38.1 Å². The number of rotatable bonds is 3. The maximum absolute atomic E-state index is 4.30. The molecule has 0 fully saturated rings. The van der Waals surface area contributed by atoms with Crippen molar-refractivity contribution in [2.75, 3.05) is 0 Å². The monoisotopic (exact) mass is 185 g/mol. The summed E-state index contributed by atoms with van der Waals surface area (Å²) < 4.78 is 0. The van der Waals surface area contributed by atoms with Gasteiger partial charge in [0.15, 0.2) is 0 Å². The van der Waals surface area contributed by atoms with E-state index in [4.69, 9.17) is 0 Å². The number of benzene rings is 1. The summed E-state index contributed by atoms with van der Waals surface area (Å²) in [6.45, 7) is 11.5. The lowest BCUT2D eigenvalue weighted by molar-refractivity contribution is 1.34. The van der Waals surface area contributed by atoms with Crippen LogP contribution in [-0.4, -0.2) is 6.21 Å². The summed E-state index contributed by atoms with van der Waals surface area (Å²) in [5.41, 5.74) is 4.46. The van der Waals surface area contributed by atoms with Gasteiger partial charge in [0.2, 0.25) is 0 Å². The minimum atomic E-state index is 0.956. The van der Waals surface area contributed by atoms with Crippen molar-refractivity contribution in [3.05, 3.63) is 48.1 Å². The van der Waals surface area contributed by atoms with Gasteiger partial charge in [-0.25, -0.2) is 0 Å². The van der Waals surface area contributed by atoms with Gasteiger partial charge in [0.1, 0.15) is 0 Å². The van der Waals surface area contributed by atoms with Crippen molar-refractivity contribution in [1.82, 2.24) is 0 Å². The highest BCUT2D eigenvalue weighted by Crippen LogP contribution is 2.25. The molecular formula is C13H15N. The topological polar surface area (TPSA) is 12.4 Å². The molecule has 0 saturated carbocycles. The number of aliphatic imine (C=N–C) groups is 1. The molecule has 14 heavy (non-hydrogen) atoms. The first-order valence-electron chi connectivity index (χ1n) is 4.58. The van der Waals surface area contributed by atoms with E-state index in [9.17, 15) is 0 Å². The number of allylic oxidation sites excluding steroid dienone is 1. The highest BCUT2D eigenvalue weighted by atomic mass is 14.7. The molecular weight excluding hydrogens is 170 g/mol. The van der Waals surface area contributed by atoms with Gasteiger partial charge in [0.25, 0.3) is 0 Å². The van der Waals surface area contributed by atoms with Crippen LogP contribution in [0.15, 0.2) is 36.4 Å². The van der Waals surface area contributed by atoms with Crippen molar-refractivity contribution in [3.8, 4) is 0 Å². The molecule has 1 aromatic rings. The molecule has 0 atom stereocenters. The average Bonchev–Trinajstić information content (AvgIpc) is 2.14. The van der Waals surface area contributed by atoms with Crippen LogP contribution in [0, 0.1) is 13.8 Å². The quantitative estimate of drug-likeness (QED) is 0.634. The van der Waals surface area contributed by atoms with Crippen molar-refractivity contribution in [2.24, 2.45) is 4.99 Å². The zero-order valence-electron chi connectivity index (χ0n) is 8.75. The fourth-order valence-electron chi connectivity index (χ4n) is 1.46. The zero-order chi connectivity index (χ0) is 10.6. The highest BCUT2D eigenvalue weighted by molar-refractivity contribution is 5.77. The lowest BCUT2D eigenvalue weighted by atomic mass is 10.0. The van der Waals surface area contributed by atoms with Crippen LogP contribution in [0.2, 0.25) is 0 Å². The molecule has 0 aliphatic rings. The third-order valence-electron chi connectivity index (χ3n) is 2.03. The molecule has 0 bridgehead atoms. The Bertz CT molecular complexity index is 386. The van der Waals surface area contributed by atoms with E-state index in [1.807, 2.05) is 12.1 Å².